The van der Waals surface area contributed by atoms with Gasteiger partial charge in [0.1, 0.15) is 5.75 Å². The molecule has 108 valence electrons. The maximum absolute atomic E-state index is 12.3. The van der Waals surface area contributed by atoms with Crippen LogP contribution in [-0.4, -0.2) is 11.0 Å². The number of benzene rings is 2. The molecule has 2 aromatic rings. The van der Waals surface area contributed by atoms with E-state index in [1.807, 2.05) is 25.1 Å². The molecule has 1 aliphatic rings. The second kappa shape index (κ2) is 5.60. The molecular weight excluding hydrogens is 262 g/mol. The van der Waals surface area contributed by atoms with Crippen molar-refractivity contribution in [1.29, 1.82) is 0 Å². The normalized spacial score (nSPS) is 13.6. The Balaban J connectivity index is 1.82. The molecule has 3 rings (SSSR count). The van der Waals surface area contributed by atoms with E-state index in [4.69, 9.17) is 0 Å². The minimum absolute atomic E-state index is 0.0984. The molecule has 0 aliphatic heterocycles. The maximum atomic E-state index is 12.3. The Morgan fingerprint density at radius 2 is 1.81 bits per heavy atom. The second-order valence-corrected chi connectivity index (χ2v) is 5.67. The smallest absolute Gasteiger partial charge is 0.255 e. The lowest BCUT2D eigenvalue weighted by Gasteiger charge is -2.16. The number of anilines is 1. The van der Waals surface area contributed by atoms with Crippen molar-refractivity contribution in [3.05, 3.63) is 58.7 Å². The summed E-state index contributed by atoms with van der Waals surface area (Å²) in [4.78, 5) is 12.3. The van der Waals surface area contributed by atoms with Crippen LogP contribution in [0.2, 0.25) is 0 Å². The Hall–Kier alpha value is -2.29. The lowest BCUT2D eigenvalue weighted by atomic mass is 9.90. The first-order valence-electron chi connectivity index (χ1n) is 7.36. The van der Waals surface area contributed by atoms with Crippen LogP contribution in [0.1, 0.15) is 39.9 Å². The molecule has 3 heteroatoms. The summed E-state index contributed by atoms with van der Waals surface area (Å²) in [5.41, 5.74) is 4.69. The fourth-order valence-electron chi connectivity index (χ4n) is 2.82. The highest BCUT2D eigenvalue weighted by Crippen LogP contribution is 2.26. The summed E-state index contributed by atoms with van der Waals surface area (Å²) in [5, 5.41) is 12.6. The first-order chi connectivity index (χ1) is 10.1. The number of fused-ring (bicyclic) bond motifs is 1. The van der Waals surface area contributed by atoms with Crippen LogP contribution in [0.25, 0.3) is 0 Å². The van der Waals surface area contributed by atoms with Gasteiger partial charge in [0.25, 0.3) is 5.91 Å². The van der Waals surface area contributed by atoms with Crippen LogP contribution in [0.5, 0.6) is 5.75 Å². The van der Waals surface area contributed by atoms with Gasteiger partial charge in [-0.15, -0.1) is 0 Å². The van der Waals surface area contributed by atoms with Crippen molar-refractivity contribution in [2.75, 3.05) is 5.32 Å². The van der Waals surface area contributed by atoms with Gasteiger partial charge < -0.3 is 10.4 Å². The van der Waals surface area contributed by atoms with E-state index >= 15 is 0 Å². The van der Waals surface area contributed by atoms with Gasteiger partial charge >= 0.3 is 0 Å². The molecule has 2 N–H and O–H groups in total. The van der Waals surface area contributed by atoms with Crippen LogP contribution in [0.15, 0.2) is 36.4 Å². The predicted molar refractivity (Wildman–Crippen MR) is 83.9 cm³/mol. The van der Waals surface area contributed by atoms with Crippen LogP contribution in [0.4, 0.5) is 5.69 Å². The fraction of sp³-hybridized carbons (Fsp3) is 0.278. The molecule has 0 aromatic heterocycles. The highest BCUT2D eigenvalue weighted by molar-refractivity contribution is 6.05. The first kappa shape index (κ1) is 13.7. The highest BCUT2D eigenvalue weighted by atomic mass is 16.3. The molecule has 2 aromatic carbocycles. The van der Waals surface area contributed by atoms with Crippen LogP contribution < -0.4 is 5.32 Å². The molecule has 0 atom stereocenters. The molecule has 0 unspecified atom stereocenters. The number of carbonyl (C=O) groups is 1. The van der Waals surface area contributed by atoms with Gasteiger partial charge in [-0.2, -0.15) is 0 Å². The van der Waals surface area contributed by atoms with Crippen molar-refractivity contribution < 1.29 is 9.90 Å². The van der Waals surface area contributed by atoms with E-state index < -0.39 is 0 Å². The van der Waals surface area contributed by atoms with Gasteiger partial charge in [0.05, 0.1) is 5.69 Å². The van der Waals surface area contributed by atoms with Gasteiger partial charge in [0, 0.05) is 5.56 Å². The third kappa shape index (κ3) is 2.92. The summed E-state index contributed by atoms with van der Waals surface area (Å²) in [6.07, 6.45) is 4.58. The molecule has 0 heterocycles. The van der Waals surface area contributed by atoms with E-state index in [0.717, 1.165) is 18.4 Å². The Kier molecular flexibility index (Phi) is 3.65. The van der Waals surface area contributed by atoms with Gasteiger partial charge in [-0.05, 0) is 73.6 Å². The number of aromatic hydroxyl groups is 1. The molecule has 0 saturated carbocycles. The number of hydrogen-bond acceptors (Lipinski definition) is 2. The van der Waals surface area contributed by atoms with Gasteiger partial charge in [-0.1, -0.05) is 12.1 Å². The van der Waals surface area contributed by atoms with Crippen LogP contribution in [0.3, 0.4) is 0 Å². The standard InChI is InChI=1S/C18H19NO2/c1-12-6-9-16(17(20)10-12)19-18(21)15-8-7-13-4-2-3-5-14(13)11-15/h6-11,20H,2-5H2,1H3,(H,19,21). The molecule has 1 aliphatic carbocycles. The molecule has 0 saturated heterocycles. The summed E-state index contributed by atoms with van der Waals surface area (Å²) in [6.45, 7) is 1.90. The summed E-state index contributed by atoms with van der Waals surface area (Å²) in [7, 11) is 0. The first-order valence-corrected chi connectivity index (χ1v) is 7.36. The molecule has 21 heavy (non-hydrogen) atoms. The molecule has 3 nitrogen and oxygen atoms in total. The van der Waals surface area contributed by atoms with Gasteiger partial charge in [-0.25, -0.2) is 0 Å². The average molecular weight is 281 g/mol. The fourth-order valence-corrected chi connectivity index (χ4v) is 2.82. The zero-order valence-corrected chi connectivity index (χ0v) is 12.1. The number of phenolic OH excluding ortho intramolecular Hbond substituents is 1. The number of hydrogen-bond donors (Lipinski definition) is 2. The number of nitrogens with one attached hydrogen (secondary N) is 1. The summed E-state index contributed by atoms with van der Waals surface area (Å²) in [5.74, 6) is -0.0798. The summed E-state index contributed by atoms with van der Waals surface area (Å²) >= 11 is 0. The van der Waals surface area contributed by atoms with Crippen molar-refractivity contribution in [3.8, 4) is 5.75 Å². The minimum atomic E-state index is -0.178. The number of amides is 1. The zero-order valence-electron chi connectivity index (χ0n) is 12.1. The monoisotopic (exact) mass is 281 g/mol. The summed E-state index contributed by atoms with van der Waals surface area (Å²) < 4.78 is 0. The zero-order chi connectivity index (χ0) is 14.8. The van der Waals surface area contributed by atoms with Crippen molar-refractivity contribution in [3.63, 3.8) is 0 Å². The molecular formula is C18H19NO2. The maximum Gasteiger partial charge on any atom is 0.255 e. The Labute approximate surface area is 124 Å². The molecule has 1 amide bonds. The Bertz CT molecular complexity index is 692. The van der Waals surface area contributed by atoms with E-state index in [0.29, 0.717) is 11.3 Å². The predicted octanol–water partition coefficient (Wildman–Crippen LogP) is 3.83. The van der Waals surface area contributed by atoms with E-state index in [1.54, 1.807) is 12.1 Å². The lowest BCUT2D eigenvalue weighted by Crippen LogP contribution is -2.13. The van der Waals surface area contributed by atoms with Crippen LogP contribution in [-0.2, 0) is 12.8 Å². The van der Waals surface area contributed by atoms with E-state index in [1.165, 1.54) is 24.0 Å². The number of phenols is 1. The largest absolute Gasteiger partial charge is 0.506 e. The molecule has 0 bridgehead atoms. The van der Waals surface area contributed by atoms with Gasteiger partial charge in [-0.3, -0.25) is 4.79 Å². The summed E-state index contributed by atoms with van der Waals surface area (Å²) in [6, 6.07) is 11.1. The molecule has 0 fully saturated rings. The minimum Gasteiger partial charge on any atom is -0.506 e. The van der Waals surface area contributed by atoms with Crippen molar-refractivity contribution in [2.45, 2.75) is 32.6 Å². The SMILES string of the molecule is Cc1ccc(NC(=O)c2ccc3c(c2)CCCC3)c(O)c1. The van der Waals surface area contributed by atoms with E-state index in [2.05, 4.69) is 11.4 Å². The topological polar surface area (TPSA) is 49.3 Å². The van der Waals surface area contributed by atoms with Gasteiger partial charge in [0.15, 0.2) is 0 Å². The van der Waals surface area contributed by atoms with Crippen LogP contribution in [0, 0.1) is 6.92 Å². The van der Waals surface area contributed by atoms with Crippen molar-refractivity contribution in [2.24, 2.45) is 0 Å². The number of carbonyl (C=O) groups excluding carboxylic acids is 1. The van der Waals surface area contributed by atoms with E-state index in [-0.39, 0.29) is 11.7 Å². The quantitative estimate of drug-likeness (QED) is 0.822. The number of rotatable bonds is 2. The second-order valence-electron chi connectivity index (χ2n) is 5.67. The molecule has 0 spiro atoms. The Morgan fingerprint density at radius 1 is 1.05 bits per heavy atom. The van der Waals surface area contributed by atoms with Crippen molar-refractivity contribution >= 4 is 11.6 Å². The molecule has 0 radical (unpaired) electrons. The third-order valence-electron chi connectivity index (χ3n) is 4.01. The number of aryl methyl sites for hydroxylation is 3. The van der Waals surface area contributed by atoms with E-state index in [9.17, 15) is 9.90 Å². The highest BCUT2D eigenvalue weighted by Gasteiger charge is 2.14. The van der Waals surface area contributed by atoms with Crippen LogP contribution >= 0.6 is 0 Å². The van der Waals surface area contributed by atoms with Gasteiger partial charge in [0.2, 0.25) is 0 Å². The third-order valence-corrected chi connectivity index (χ3v) is 4.01. The lowest BCUT2D eigenvalue weighted by molar-refractivity contribution is 0.102. The van der Waals surface area contributed by atoms with Crippen molar-refractivity contribution in [1.82, 2.24) is 0 Å². The Morgan fingerprint density at radius 3 is 2.57 bits per heavy atom. The average Bonchev–Trinajstić information content (AvgIpc) is 2.49.